The summed E-state index contributed by atoms with van der Waals surface area (Å²) in [6.45, 7) is 7.07. The largest absolute Gasteiger partial charge is 0.462 e. The Morgan fingerprint density at radius 2 is 1.73 bits per heavy atom. The van der Waals surface area contributed by atoms with E-state index in [-0.39, 0.29) is 6.61 Å². The molecule has 1 rings (SSSR count). The van der Waals surface area contributed by atoms with Crippen LogP contribution in [0.3, 0.4) is 0 Å². The number of benzene rings is 1. The minimum absolute atomic E-state index is 0.0490. The second-order valence-electron chi connectivity index (χ2n) is 6.23. The van der Waals surface area contributed by atoms with Crippen molar-refractivity contribution in [2.75, 3.05) is 19.7 Å². The van der Waals surface area contributed by atoms with Crippen LogP contribution in [-0.2, 0) is 9.53 Å². The Balaban J connectivity index is 3.58. The molecule has 0 atom stereocenters. The summed E-state index contributed by atoms with van der Waals surface area (Å²) >= 11 is 0. The number of nitrogens with zero attached hydrogens (tertiary/aromatic N) is 2. The molecule has 0 radical (unpaired) electrons. The van der Waals surface area contributed by atoms with Crippen molar-refractivity contribution in [2.24, 2.45) is 0 Å². The lowest BCUT2D eigenvalue weighted by atomic mass is 9.98. The van der Waals surface area contributed by atoms with E-state index in [2.05, 4.69) is 5.43 Å². The fourth-order valence-corrected chi connectivity index (χ4v) is 2.45. The molecule has 0 amide bonds. The van der Waals surface area contributed by atoms with Crippen molar-refractivity contribution in [1.29, 1.82) is 0 Å². The molecule has 0 saturated heterocycles. The first-order valence-corrected chi connectivity index (χ1v) is 9.36. The van der Waals surface area contributed by atoms with Crippen LogP contribution in [-0.4, -0.2) is 41.4 Å². The van der Waals surface area contributed by atoms with E-state index in [1.54, 1.807) is 18.9 Å². The van der Waals surface area contributed by atoms with E-state index in [4.69, 9.17) is 4.74 Å². The van der Waals surface area contributed by atoms with Crippen LogP contribution in [0.5, 0.6) is 0 Å². The van der Waals surface area contributed by atoms with Gasteiger partial charge in [0.2, 0.25) is 11.6 Å². The zero-order valence-corrected chi connectivity index (χ0v) is 17.2. The maximum Gasteiger partial charge on any atom is 0.343 e. The first-order chi connectivity index (χ1) is 14.1. The Labute approximate surface area is 171 Å². The highest BCUT2D eigenvalue weighted by molar-refractivity contribution is 6.25. The summed E-state index contributed by atoms with van der Waals surface area (Å²) in [4.78, 5) is 35.2. The number of Topliss-reactive ketones (excluding diaryl/α,β-unsaturated/α-hetero) is 1. The molecule has 11 heteroatoms. The lowest BCUT2D eigenvalue weighted by Gasteiger charge is -2.18. The smallest absolute Gasteiger partial charge is 0.343 e. The van der Waals surface area contributed by atoms with Gasteiger partial charge in [-0.3, -0.25) is 14.9 Å². The number of nitro groups is 1. The molecule has 0 aliphatic carbocycles. The zero-order chi connectivity index (χ0) is 23.0. The molecule has 0 unspecified atom stereocenters. The van der Waals surface area contributed by atoms with Crippen molar-refractivity contribution in [2.45, 2.75) is 40.5 Å². The van der Waals surface area contributed by atoms with E-state index in [0.717, 1.165) is 13.1 Å². The quantitative estimate of drug-likeness (QED) is 0.0658. The minimum Gasteiger partial charge on any atom is -0.462 e. The Bertz CT molecular complexity index is 855. The summed E-state index contributed by atoms with van der Waals surface area (Å²) in [5.41, 5.74) is -2.10. The number of carbonyl (C=O) groups excluding carboxylic acids is 2. The average Bonchev–Trinajstić information content (AvgIpc) is 2.71. The first-order valence-electron chi connectivity index (χ1n) is 9.36. The molecular formula is C19H24F3N3O5. The number of hydrogen-bond acceptors (Lipinski definition) is 7. The van der Waals surface area contributed by atoms with Crippen LogP contribution in [0.25, 0.3) is 0 Å². The molecule has 1 aromatic carbocycles. The third kappa shape index (κ3) is 5.56. The van der Waals surface area contributed by atoms with Crippen LogP contribution in [0.15, 0.2) is 11.8 Å². The number of halogens is 3. The van der Waals surface area contributed by atoms with Gasteiger partial charge >= 0.3 is 11.7 Å². The van der Waals surface area contributed by atoms with Crippen LogP contribution in [0, 0.1) is 34.5 Å². The van der Waals surface area contributed by atoms with E-state index < -0.39 is 56.5 Å². The molecule has 8 nitrogen and oxygen atoms in total. The third-order valence-electron chi connectivity index (χ3n) is 4.28. The predicted molar refractivity (Wildman–Crippen MR) is 102 cm³/mol. The lowest BCUT2D eigenvalue weighted by Crippen LogP contribution is -2.35. The molecule has 1 aromatic rings. The van der Waals surface area contributed by atoms with Gasteiger partial charge in [0.05, 0.1) is 11.5 Å². The number of esters is 1. The monoisotopic (exact) mass is 431 g/mol. The maximum atomic E-state index is 14.6. The summed E-state index contributed by atoms with van der Waals surface area (Å²) in [5, 5.41) is 12.8. The molecular weight excluding hydrogens is 407 g/mol. The number of ether oxygens (including phenoxy) is 1. The van der Waals surface area contributed by atoms with Crippen LogP contribution < -0.4 is 5.43 Å². The van der Waals surface area contributed by atoms with E-state index in [0.29, 0.717) is 25.9 Å². The second-order valence-corrected chi connectivity index (χ2v) is 6.23. The Morgan fingerprint density at radius 3 is 2.23 bits per heavy atom. The molecule has 0 heterocycles. The molecule has 0 bridgehead atoms. The third-order valence-corrected chi connectivity index (χ3v) is 4.28. The number of rotatable bonds is 11. The zero-order valence-electron chi connectivity index (χ0n) is 17.2. The highest BCUT2D eigenvalue weighted by Crippen LogP contribution is 2.32. The molecule has 166 valence electrons. The van der Waals surface area contributed by atoms with Gasteiger partial charge in [-0.25, -0.2) is 18.6 Å². The standard InChI is InChI=1S/C19H24F3N3O5/c1-5-8-9-30-19(27)12(10-23-24(6-2)7-3)18(26)13-14(20)11(4)15(21)16(22)17(13)25(28)29/h10,23H,5-9H2,1-4H3/b12-10+. The van der Waals surface area contributed by atoms with Gasteiger partial charge < -0.3 is 10.2 Å². The molecule has 1 N–H and O–H groups in total. The number of carbonyl (C=O) groups is 2. The summed E-state index contributed by atoms with van der Waals surface area (Å²) in [6, 6.07) is 0. The average molecular weight is 431 g/mol. The van der Waals surface area contributed by atoms with Crippen molar-refractivity contribution in [1.82, 2.24) is 10.4 Å². The van der Waals surface area contributed by atoms with Gasteiger partial charge in [0, 0.05) is 24.9 Å². The van der Waals surface area contributed by atoms with Crippen LogP contribution in [0.2, 0.25) is 0 Å². The minimum atomic E-state index is -1.99. The van der Waals surface area contributed by atoms with Crippen LogP contribution in [0.4, 0.5) is 18.9 Å². The van der Waals surface area contributed by atoms with Crippen molar-refractivity contribution in [3.63, 3.8) is 0 Å². The summed E-state index contributed by atoms with van der Waals surface area (Å²) in [7, 11) is 0. The molecule has 0 aliphatic rings. The number of hydrazine groups is 1. The number of nitro benzene ring substituents is 1. The first kappa shape index (κ1) is 25.1. The fraction of sp³-hybridized carbons (Fsp3) is 0.474. The SMILES string of the molecule is CCCCOC(=O)/C(=C/NN(CC)CC)C(=O)c1c(F)c(C)c(F)c(F)c1[N+](=O)[O-]. The highest BCUT2D eigenvalue weighted by Gasteiger charge is 2.37. The topological polar surface area (TPSA) is 102 Å². The van der Waals surface area contributed by atoms with E-state index in [9.17, 15) is 32.9 Å². The summed E-state index contributed by atoms with van der Waals surface area (Å²) in [6.07, 6.45) is 2.07. The molecule has 0 spiro atoms. The molecule has 0 aromatic heterocycles. The van der Waals surface area contributed by atoms with Gasteiger partial charge in [0.15, 0.2) is 5.82 Å². The maximum absolute atomic E-state index is 14.6. The highest BCUT2D eigenvalue weighted by atomic mass is 19.2. The molecule has 0 fully saturated rings. The van der Waals surface area contributed by atoms with Crippen molar-refractivity contribution >= 4 is 17.4 Å². The second kappa shape index (κ2) is 11.3. The Kier molecular flexibility index (Phi) is 9.44. The van der Waals surface area contributed by atoms with Crippen molar-refractivity contribution in [3.8, 4) is 0 Å². The van der Waals surface area contributed by atoms with Gasteiger partial charge in [-0.1, -0.05) is 27.2 Å². The number of ketones is 1. The fourth-order valence-electron chi connectivity index (χ4n) is 2.45. The molecule has 0 saturated carbocycles. The van der Waals surface area contributed by atoms with Gasteiger partial charge in [0.1, 0.15) is 17.0 Å². The van der Waals surface area contributed by atoms with Gasteiger partial charge in [-0.2, -0.15) is 4.39 Å². The Morgan fingerprint density at radius 1 is 1.13 bits per heavy atom. The van der Waals surface area contributed by atoms with Crippen molar-refractivity contribution < 1.29 is 32.4 Å². The van der Waals surface area contributed by atoms with Gasteiger partial charge in [0.25, 0.3) is 0 Å². The van der Waals surface area contributed by atoms with Crippen LogP contribution >= 0.6 is 0 Å². The van der Waals surface area contributed by atoms with Gasteiger partial charge in [-0.15, -0.1) is 0 Å². The summed E-state index contributed by atoms with van der Waals surface area (Å²) < 4.78 is 47.6. The normalized spacial score (nSPS) is 11.5. The molecule has 30 heavy (non-hydrogen) atoms. The van der Waals surface area contributed by atoms with Crippen molar-refractivity contribution in [3.05, 3.63) is 50.5 Å². The number of nitrogens with one attached hydrogen (secondary N) is 1. The van der Waals surface area contributed by atoms with E-state index >= 15 is 0 Å². The number of hydrogen-bond donors (Lipinski definition) is 1. The Hall–Kier alpha value is -2.95. The lowest BCUT2D eigenvalue weighted by molar-refractivity contribution is -0.388. The molecule has 0 aliphatic heterocycles. The van der Waals surface area contributed by atoms with Crippen LogP contribution in [0.1, 0.15) is 49.5 Å². The number of unbranched alkanes of at least 4 members (excludes halogenated alkanes) is 1. The predicted octanol–water partition coefficient (Wildman–Crippen LogP) is 3.58. The van der Waals surface area contributed by atoms with E-state index in [1.165, 1.54) is 0 Å². The van der Waals surface area contributed by atoms with E-state index in [1.807, 2.05) is 6.92 Å². The van der Waals surface area contributed by atoms with Gasteiger partial charge in [-0.05, 0) is 13.3 Å². The summed E-state index contributed by atoms with van der Waals surface area (Å²) in [5.74, 6) is -8.07.